The van der Waals surface area contributed by atoms with Crippen LogP contribution in [0.3, 0.4) is 0 Å². The van der Waals surface area contributed by atoms with Crippen molar-refractivity contribution in [3.05, 3.63) is 23.8 Å². The van der Waals surface area contributed by atoms with Gasteiger partial charge in [0.25, 0.3) is 5.91 Å². The molecule has 0 radical (unpaired) electrons. The van der Waals surface area contributed by atoms with E-state index in [9.17, 15) is 4.79 Å². The Morgan fingerprint density at radius 1 is 1.04 bits per heavy atom. The van der Waals surface area contributed by atoms with Crippen molar-refractivity contribution in [3.63, 3.8) is 0 Å². The molecule has 0 aliphatic rings. The van der Waals surface area contributed by atoms with Crippen molar-refractivity contribution >= 4 is 14.2 Å². The summed E-state index contributed by atoms with van der Waals surface area (Å²) in [6, 6.07) is 8.83. The fraction of sp³-hybridized carbons (Fsp3) is 0.611. The molecule has 5 heteroatoms. The van der Waals surface area contributed by atoms with Gasteiger partial charge in [0.15, 0.2) is 0 Å². The van der Waals surface area contributed by atoms with Crippen LogP contribution in [0, 0.1) is 0 Å². The molecule has 0 spiro atoms. The largest absolute Gasteiger partial charge is 0.543 e. The number of hydrogen-bond acceptors (Lipinski definition) is 3. The van der Waals surface area contributed by atoms with E-state index < -0.39 is 8.32 Å². The molecule has 0 atom stereocenters. The number of hydrogen-bond donors (Lipinski definition) is 0. The van der Waals surface area contributed by atoms with E-state index in [0.29, 0.717) is 24.4 Å². The Morgan fingerprint density at radius 2 is 1.61 bits per heavy atom. The highest BCUT2D eigenvalue weighted by atomic mass is 28.4. The van der Waals surface area contributed by atoms with Gasteiger partial charge in [-0.05, 0) is 50.2 Å². The Hall–Kier alpha value is -1.49. The molecular weight excluding hydrogens is 306 g/mol. The number of carbonyl (C=O) groups is 1. The van der Waals surface area contributed by atoms with Crippen LogP contribution >= 0.6 is 0 Å². The van der Waals surface area contributed by atoms with Crippen LogP contribution < -0.4 is 9.16 Å². The molecular formula is C18H31NO3Si. The lowest BCUT2D eigenvalue weighted by molar-refractivity contribution is 0.0769. The molecule has 0 saturated heterocycles. The van der Waals surface area contributed by atoms with Gasteiger partial charge in [-0.3, -0.25) is 4.79 Å². The van der Waals surface area contributed by atoms with Crippen LogP contribution in [0.25, 0.3) is 0 Å². The molecule has 1 rings (SSSR count). The summed E-state index contributed by atoms with van der Waals surface area (Å²) in [5.74, 6) is 1.39. The predicted octanol–water partition coefficient (Wildman–Crippen LogP) is 4.56. The van der Waals surface area contributed by atoms with Crippen LogP contribution in [0.5, 0.6) is 11.5 Å². The third kappa shape index (κ3) is 4.50. The van der Waals surface area contributed by atoms with E-state index >= 15 is 0 Å². The number of methoxy groups -OCH3 is 1. The quantitative estimate of drug-likeness (QED) is 0.620. The highest BCUT2D eigenvalue weighted by Gasteiger charge is 2.31. The molecule has 1 amide bonds. The van der Waals surface area contributed by atoms with Crippen molar-refractivity contribution in [3.8, 4) is 11.5 Å². The van der Waals surface area contributed by atoms with Gasteiger partial charge in [-0.15, -0.1) is 0 Å². The fourth-order valence-electron chi connectivity index (χ4n) is 2.82. The first kappa shape index (κ1) is 19.6. The molecule has 0 fully saturated rings. The van der Waals surface area contributed by atoms with Crippen LogP contribution in [0.15, 0.2) is 18.2 Å². The van der Waals surface area contributed by atoms with Crippen molar-refractivity contribution in [1.82, 2.24) is 4.90 Å². The van der Waals surface area contributed by atoms with E-state index in [1.807, 2.05) is 32.0 Å². The zero-order valence-corrected chi connectivity index (χ0v) is 16.4. The monoisotopic (exact) mass is 337 g/mol. The minimum Gasteiger partial charge on any atom is -0.543 e. The molecule has 0 aromatic heterocycles. The van der Waals surface area contributed by atoms with Gasteiger partial charge < -0.3 is 14.1 Å². The number of amides is 1. The summed E-state index contributed by atoms with van der Waals surface area (Å²) < 4.78 is 11.8. The normalized spacial score (nSPS) is 11.2. The van der Waals surface area contributed by atoms with Crippen LogP contribution in [0.2, 0.25) is 18.1 Å². The Balaban J connectivity index is 3.19. The molecule has 130 valence electrons. The van der Waals surface area contributed by atoms with E-state index in [4.69, 9.17) is 9.16 Å². The van der Waals surface area contributed by atoms with E-state index in [0.717, 1.165) is 23.9 Å². The van der Waals surface area contributed by atoms with Gasteiger partial charge in [-0.25, -0.2) is 0 Å². The maximum absolute atomic E-state index is 12.7. The predicted molar refractivity (Wildman–Crippen MR) is 98.1 cm³/mol. The van der Waals surface area contributed by atoms with E-state index in [1.165, 1.54) is 0 Å². The first-order valence-electron chi connectivity index (χ1n) is 8.67. The maximum Gasteiger partial charge on any atom is 0.257 e. The number of carbonyl (C=O) groups excluding carboxylic acids is 1. The molecule has 0 aliphatic heterocycles. The van der Waals surface area contributed by atoms with Gasteiger partial charge in [0.2, 0.25) is 8.32 Å². The van der Waals surface area contributed by atoms with Crippen LogP contribution in [0.1, 0.15) is 45.0 Å². The molecule has 0 heterocycles. The minimum atomic E-state index is -1.75. The van der Waals surface area contributed by atoms with Gasteiger partial charge in [0.05, 0.1) is 12.7 Å². The first-order valence-corrected chi connectivity index (χ1v) is 11.2. The Kier molecular flexibility index (Phi) is 7.62. The zero-order valence-electron chi connectivity index (χ0n) is 15.4. The number of rotatable bonds is 9. The molecule has 0 N–H and O–H groups in total. The Labute approximate surface area is 141 Å². The SMILES string of the molecule is CCN(CC)C(=O)c1cc(O[Si](CC)(CC)CC)ccc1OC. The third-order valence-corrected chi connectivity index (χ3v) is 9.25. The average Bonchev–Trinajstić information content (AvgIpc) is 2.60. The summed E-state index contributed by atoms with van der Waals surface area (Å²) in [6.07, 6.45) is 0. The second-order valence-electron chi connectivity index (χ2n) is 5.69. The van der Waals surface area contributed by atoms with Crippen LogP contribution in [-0.2, 0) is 0 Å². The highest BCUT2D eigenvalue weighted by Crippen LogP contribution is 2.30. The van der Waals surface area contributed by atoms with Crippen molar-refractivity contribution in [2.45, 2.75) is 52.8 Å². The molecule has 0 unspecified atom stereocenters. The first-order chi connectivity index (χ1) is 11.0. The second kappa shape index (κ2) is 8.96. The lowest BCUT2D eigenvalue weighted by atomic mass is 10.1. The lowest BCUT2D eigenvalue weighted by Crippen LogP contribution is -2.39. The topological polar surface area (TPSA) is 38.8 Å². The van der Waals surface area contributed by atoms with Crippen LogP contribution in [-0.4, -0.2) is 39.3 Å². The summed E-state index contributed by atoms with van der Waals surface area (Å²) in [5, 5.41) is 0. The second-order valence-corrected chi connectivity index (χ2v) is 10.4. The summed E-state index contributed by atoms with van der Waals surface area (Å²) in [4.78, 5) is 14.5. The van der Waals surface area contributed by atoms with Crippen molar-refractivity contribution in [2.75, 3.05) is 20.2 Å². The maximum atomic E-state index is 12.7. The fourth-order valence-corrected chi connectivity index (χ4v) is 5.38. The van der Waals surface area contributed by atoms with Crippen molar-refractivity contribution < 1.29 is 14.0 Å². The van der Waals surface area contributed by atoms with Crippen molar-refractivity contribution in [2.24, 2.45) is 0 Å². The van der Waals surface area contributed by atoms with Gasteiger partial charge in [-0.2, -0.15) is 0 Å². The van der Waals surface area contributed by atoms with Gasteiger partial charge in [0.1, 0.15) is 11.5 Å². The molecule has 23 heavy (non-hydrogen) atoms. The van der Waals surface area contributed by atoms with Gasteiger partial charge >= 0.3 is 0 Å². The van der Waals surface area contributed by atoms with E-state index in [-0.39, 0.29) is 5.91 Å². The number of ether oxygens (including phenoxy) is 1. The Morgan fingerprint density at radius 3 is 2.04 bits per heavy atom. The third-order valence-electron chi connectivity index (χ3n) is 4.72. The highest BCUT2D eigenvalue weighted by molar-refractivity contribution is 6.74. The van der Waals surface area contributed by atoms with Gasteiger partial charge in [-0.1, -0.05) is 20.8 Å². The summed E-state index contributed by atoms with van der Waals surface area (Å²) in [6.45, 7) is 11.9. The average molecular weight is 338 g/mol. The molecule has 1 aromatic carbocycles. The lowest BCUT2D eigenvalue weighted by Gasteiger charge is -2.29. The van der Waals surface area contributed by atoms with E-state index in [2.05, 4.69) is 20.8 Å². The standard InChI is InChI=1S/C18H31NO3Si/c1-7-19(8-2)18(20)16-14-15(12-13-17(16)21-6)22-23(9-3,10-4)11-5/h12-14H,7-11H2,1-6H3. The minimum absolute atomic E-state index is 0.00550. The summed E-state index contributed by atoms with van der Waals surface area (Å²) in [5.41, 5.74) is 0.583. The smallest absolute Gasteiger partial charge is 0.257 e. The molecule has 0 saturated carbocycles. The van der Waals surface area contributed by atoms with Gasteiger partial charge in [0, 0.05) is 13.1 Å². The van der Waals surface area contributed by atoms with Crippen LogP contribution in [0.4, 0.5) is 0 Å². The zero-order chi connectivity index (χ0) is 17.5. The number of nitrogens with zero attached hydrogens (tertiary/aromatic N) is 1. The molecule has 4 nitrogen and oxygen atoms in total. The summed E-state index contributed by atoms with van der Waals surface area (Å²) >= 11 is 0. The molecule has 0 bridgehead atoms. The van der Waals surface area contributed by atoms with Crippen molar-refractivity contribution in [1.29, 1.82) is 0 Å². The molecule has 0 aliphatic carbocycles. The summed E-state index contributed by atoms with van der Waals surface area (Å²) in [7, 11) is -0.158. The molecule has 1 aromatic rings. The Bertz CT molecular complexity index is 503. The van der Waals surface area contributed by atoms with E-state index in [1.54, 1.807) is 12.0 Å². The number of benzene rings is 1.